The van der Waals surface area contributed by atoms with Gasteiger partial charge in [0.05, 0.1) is 6.04 Å². The molecule has 2 heterocycles. The topological polar surface area (TPSA) is 70.7 Å². The third-order valence-electron chi connectivity index (χ3n) is 4.28. The van der Waals surface area contributed by atoms with Gasteiger partial charge in [-0.1, -0.05) is 18.2 Å². The molecule has 1 atom stereocenters. The summed E-state index contributed by atoms with van der Waals surface area (Å²) in [6.45, 7) is 2.63. The van der Waals surface area contributed by atoms with Crippen LogP contribution < -0.4 is 15.4 Å². The van der Waals surface area contributed by atoms with Crippen LogP contribution in [0.1, 0.15) is 24.8 Å². The first-order valence-corrected chi connectivity index (χ1v) is 8.25. The van der Waals surface area contributed by atoms with Gasteiger partial charge in [0.25, 0.3) is 0 Å². The Labute approximate surface area is 136 Å². The maximum atomic E-state index is 11.9. The summed E-state index contributed by atoms with van der Waals surface area (Å²) in [6.07, 6.45) is 3.18. The van der Waals surface area contributed by atoms with E-state index in [1.807, 2.05) is 29.2 Å². The van der Waals surface area contributed by atoms with Crippen molar-refractivity contribution in [2.75, 3.05) is 26.2 Å². The van der Waals surface area contributed by atoms with Crippen LogP contribution in [-0.2, 0) is 11.2 Å². The van der Waals surface area contributed by atoms with E-state index in [0.717, 1.165) is 43.7 Å². The average Bonchev–Trinajstić information content (AvgIpc) is 2.97. The van der Waals surface area contributed by atoms with Crippen LogP contribution in [0.25, 0.3) is 0 Å². The molecule has 3 amide bonds. The first kappa shape index (κ1) is 15.6. The van der Waals surface area contributed by atoms with E-state index < -0.39 is 0 Å². The minimum Gasteiger partial charge on any atom is -0.491 e. The van der Waals surface area contributed by atoms with Crippen LogP contribution in [0.15, 0.2) is 24.3 Å². The lowest BCUT2D eigenvalue weighted by Crippen LogP contribution is -2.47. The first-order chi connectivity index (χ1) is 11.2. The molecule has 6 nitrogen and oxygen atoms in total. The molecule has 1 aromatic carbocycles. The standard InChI is InChI=1S/C17H23N3O3/c21-16-7-3-9-20(16)10-4-8-18-17(22)19-14-11-13-5-1-2-6-15(13)23-12-14/h1-2,5-6,14H,3-4,7-12H2,(H2,18,19,22). The molecule has 0 radical (unpaired) electrons. The van der Waals surface area contributed by atoms with E-state index in [0.29, 0.717) is 19.6 Å². The largest absolute Gasteiger partial charge is 0.491 e. The summed E-state index contributed by atoms with van der Waals surface area (Å²) >= 11 is 0. The van der Waals surface area contributed by atoms with E-state index in [1.165, 1.54) is 0 Å². The lowest BCUT2D eigenvalue weighted by molar-refractivity contribution is -0.127. The van der Waals surface area contributed by atoms with Gasteiger partial charge in [-0.05, 0) is 30.9 Å². The molecule has 1 aromatic rings. The fourth-order valence-corrected chi connectivity index (χ4v) is 3.07. The van der Waals surface area contributed by atoms with Crippen LogP contribution in [0.4, 0.5) is 4.79 Å². The lowest BCUT2D eigenvalue weighted by atomic mass is 10.0. The van der Waals surface area contributed by atoms with Crippen molar-refractivity contribution < 1.29 is 14.3 Å². The van der Waals surface area contributed by atoms with Gasteiger partial charge in [-0.25, -0.2) is 4.79 Å². The normalized spacial score (nSPS) is 19.9. The molecule has 6 heteroatoms. The lowest BCUT2D eigenvalue weighted by Gasteiger charge is -2.26. The zero-order chi connectivity index (χ0) is 16.1. The molecule has 0 aliphatic carbocycles. The molecule has 0 spiro atoms. The van der Waals surface area contributed by atoms with Gasteiger partial charge in [-0.3, -0.25) is 4.79 Å². The summed E-state index contributed by atoms with van der Waals surface area (Å²) in [7, 11) is 0. The highest BCUT2D eigenvalue weighted by atomic mass is 16.5. The Bertz CT molecular complexity index is 576. The second-order valence-corrected chi connectivity index (χ2v) is 6.06. The summed E-state index contributed by atoms with van der Waals surface area (Å²) in [6, 6.07) is 7.71. The SMILES string of the molecule is O=C(NCCCN1CCCC1=O)NC1COc2ccccc2C1. The van der Waals surface area contributed by atoms with E-state index in [1.54, 1.807) is 0 Å². The second kappa shape index (κ2) is 7.35. The Hall–Kier alpha value is -2.24. The highest BCUT2D eigenvalue weighted by Gasteiger charge is 2.21. The third kappa shape index (κ3) is 4.15. The fourth-order valence-electron chi connectivity index (χ4n) is 3.07. The Morgan fingerprint density at radius 2 is 2.22 bits per heavy atom. The summed E-state index contributed by atoms with van der Waals surface area (Å²) in [5.74, 6) is 1.13. The summed E-state index contributed by atoms with van der Waals surface area (Å²) in [4.78, 5) is 25.3. The second-order valence-electron chi connectivity index (χ2n) is 6.06. The first-order valence-electron chi connectivity index (χ1n) is 8.25. The minimum absolute atomic E-state index is 0.00920. The van der Waals surface area contributed by atoms with Gasteiger partial charge in [0.2, 0.25) is 5.91 Å². The van der Waals surface area contributed by atoms with Gasteiger partial charge in [0.15, 0.2) is 0 Å². The summed E-state index contributed by atoms with van der Waals surface area (Å²) in [5, 5.41) is 5.79. The van der Waals surface area contributed by atoms with Crippen molar-refractivity contribution >= 4 is 11.9 Å². The molecule has 1 saturated heterocycles. The number of para-hydroxylation sites is 1. The van der Waals surface area contributed by atoms with Gasteiger partial charge in [0, 0.05) is 26.1 Å². The minimum atomic E-state index is -0.175. The van der Waals surface area contributed by atoms with Crippen molar-refractivity contribution in [2.24, 2.45) is 0 Å². The predicted molar refractivity (Wildman–Crippen MR) is 86.4 cm³/mol. The Kier molecular flexibility index (Phi) is 5.00. The number of nitrogens with zero attached hydrogens (tertiary/aromatic N) is 1. The number of ether oxygens (including phenoxy) is 1. The molecule has 2 N–H and O–H groups in total. The summed E-state index contributed by atoms with van der Waals surface area (Å²) in [5.41, 5.74) is 1.12. The molecule has 1 unspecified atom stereocenters. The van der Waals surface area contributed by atoms with Crippen LogP contribution in [0.5, 0.6) is 5.75 Å². The molecule has 1 fully saturated rings. The van der Waals surface area contributed by atoms with E-state index in [-0.39, 0.29) is 18.0 Å². The van der Waals surface area contributed by atoms with Crippen molar-refractivity contribution in [2.45, 2.75) is 31.7 Å². The van der Waals surface area contributed by atoms with Gasteiger partial charge in [-0.15, -0.1) is 0 Å². The highest BCUT2D eigenvalue weighted by Crippen LogP contribution is 2.23. The highest BCUT2D eigenvalue weighted by molar-refractivity contribution is 5.78. The number of hydrogen-bond donors (Lipinski definition) is 2. The summed E-state index contributed by atoms with van der Waals surface area (Å²) < 4.78 is 5.66. The van der Waals surface area contributed by atoms with Gasteiger partial charge >= 0.3 is 6.03 Å². The number of nitrogens with one attached hydrogen (secondary N) is 2. The van der Waals surface area contributed by atoms with E-state index in [2.05, 4.69) is 10.6 Å². The third-order valence-corrected chi connectivity index (χ3v) is 4.28. The molecule has 2 aliphatic heterocycles. The van der Waals surface area contributed by atoms with Gasteiger partial charge < -0.3 is 20.3 Å². The van der Waals surface area contributed by atoms with E-state index in [9.17, 15) is 9.59 Å². The quantitative estimate of drug-likeness (QED) is 0.804. The average molecular weight is 317 g/mol. The van der Waals surface area contributed by atoms with Crippen molar-refractivity contribution in [3.63, 3.8) is 0 Å². The van der Waals surface area contributed by atoms with Crippen LogP contribution in [0.2, 0.25) is 0 Å². The van der Waals surface area contributed by atoms with Crippen molar-refractivity contribution in [3.8, 4) is 5.75 Å². The fraction of sp³-hybridized carbons (Fsp3) is 0.529. The van der Waals surface area contributed by atoms with Crippen LogP contribution in [-0.4, -0.2) is 49.1 Å². The van der Waals surface area contributed by atoms with Crippen molar-refractivity contribution in [1.82, 2.24) is 15.5 Å². The van der Waals surface area contributed by atoms with Crippen molar-refractivity contribution in [3.05, 3.63) is 29.8 Å². The van der Waals surface area contributed by atoms with Crippen LogP contribution in [0, 0.1) is 0 Å². The number of fused-ring (bicyclic) bond motifs is 1. The van der Waals surface area contributed by atoms with Gasteiger partial charge in [-0.2, -0.15) is 0 Å². The molecule has 2 aliphatic rings. The monoisotopic (exact) mass is 317 g/mol. The Morgan fingerprint density at radius 1 is 1.35 bits per heavy atom. The van der Waals surface area contributed by atoms with E-state index >= 15 is 0 Å². The van der Waals surface area contributed by atoms with E-state index in [4.69, 9.17) is 4.74 Å². The number of rotatable bonds is 5. The maximum Gasteiger partial charge on any atom is 0.315 e. The molecular weight excluding hydrogens is 294 g/mol. The smallest absolute Gasteiger partial charge is 0.315 e. The zero-order valence-corrected chi connectivity index (χ0v) is 13.2. The molecule has 3 rings (SSSR count). The molecular formula is C17H23N3O3. The number of carbonyl (C=O) groups is 2. The molecule has 0 bridgehead atoms. The Balaban J connectivity index is 1.34. The number of carbonyl (C=O) groups excluding carboxylic acids is 2. The maximum absolute atomic E-state index is 11.9. The number of likely N-dealkylation sites (tertiary alicyclic amines) is 1. The van der Waals surface area contributed by atoms with Crippen LogP contribution >= 0.6 is 0 Å². The number of benzene rings is 1. The number of amides is 3. The number of hydrogen-bond acceptors (Lipinski definition) is 3. The van der Waals surface area contributed by atoms with Crippen LogP contribution in [0.3, 0.4) is 0 Å². The Morgan fingerprint density at radius 3 is 3.04 bits per heavy atom. The van der Waals surface area contributed by atoms with Gasteiger partial charge in [0.1, 0.15) is 12.4 Å². The molecule has 124 valence electrons. The molecule has 0 saturated carbocycles. The number of urea groups is 1. The van der Waals surface area contributed by atoms with Crippen molar-refractivity contribution in [1.29, 1.82) is 0 Å². The molecule has 23 heavy (non-hydrogen) atoms. The molecule has 0 aromatic heterocycles. The predicted octanol–water partition coefficient (Wildman–Crippen LogP) is 1.30. The zero-order valence-electron chi connectivity index (χ0n) is 13.2.